The van der Waals surface area contributed by atoms with E-state index in [9.17, 15) is 4.39 Å². The molecule has 0 spiro atoms. The average Bonchev–Trinajstić information content (AvgIpc) is 2.81. The van der Waals surface area contributed by atoms with E-state index in [4.69, 9.17) is 10.5 Å². The van der Waals surface area contributed by atoms with Crippen LogP contribution in [0.1, 0.15) is 0 Å². The molecule has 0 radical (unpaired) electrons. The summed E-state index contributed by atoms with van der Waals surface area (Å²) in [5.74, 6) is 0.432. The largest absolute Gasteiger partial charge is 0.457 e. The van der Waals surface area contributed by atoms with Crippen LogP contribution in [0.15, 0.2) is 42.9 Å². The van der Waals surface area contributed by atoms with Gasteiger partial charge in [0.1, 0.15) is 23.6 Å². The highest BCUT2D eigenvalue weighted by Crippen LogP contribution is 2.24. The van der Waals surface area contributed by atoms with Crippen molar-refractivity contribution < 1.29 is 9.13 Å². The number of fused-ring (bicyclic) bond motifs is 1. The summed E-state index contributed by atoms with van der Waals surface area (Å²) in [6.45, 7) is 0. The molecule has 2 aromatic heterocycles. The third-order valence-corrected chi connectivity index (χ3v) is 2.46. The third-order valence-electron chi connectivity index (χ3n) is 2.46. The molecule has 0 atom stereocenters. The molecule has 6 heteroatoms. The molecule has 0 saturated heterocycles. The minimum absolute atomic E-state index is 0.0928. The van der Waals surface area contributed by atoms with E-state index >= 15 is 0 Å². The number of pyridine rings is 1. The van der Waals surface area contributed by atoms with Crippen LogP contribution in [-0.4, -0.2) is 14.6 Å². The SMILES string of the molecule is Nc1ccc(Oc2ccn3ncnc3c2)cc1F. The molecule has 0 amide bonds. The first kappa shape index (κ1) is 10.5. The number of anilines is 1. The van der Waals surface area contributed by atoms with Crippen molar-refractivity contribution in [2.45, 2.75) is 0 Å². The summed E-state index contributed by atoms with van der Waals surface area (Å²) in [7, 11) is 0. The smallest absolute Gasteiger partial charge is 0.158 e. The van der Waals surface area contributed by atoms with Crippen molar-refractivity contribution in [2.75, 3.05) is 5.73 Å². The van der Waals surface area contributed by atoms with Crippen molar-refractivity contribution in [3.8, 4) is 11.5 Å². The summed E-state index contributed by atoms with van der Waals surface area (Å²) >= 11 is 0. The predicted octanol–water partition coefficient (Wildman–Crippen LogP) is 2.24. The fourth-order valence-corrected chi connectivity index (χ4v) is 1.57. The molecule has 3 rings (SSSR count). The van der Waals surface area contributed by atoms with Gasteiger partial charge in [0, 0.05) is 18.3 Å². The third kappa shape index (κ3) is 1.84. The molecule has 0 aliphatic heterocycles. The maximum atomic E-state index is 13.3. The summed E-state index contributed by atoms with van der Waals surface area (Å²) in [4.78, 5) is 4.03. The molecule has 0 fully saturated rings. The number of rotatable bonds is 2. The Hall–Kier alpha value is -2.63. The van der Waals surface area contributed by atoms with Crippen LogP contribution in [0.25, 0.3) is 5.65 Å². The molecule has 0 aliphatic carbocycles. The van der Waals surface area contributed by atoms with Crippen LogP contribution in [0.4, 0.5) is 10.1 Å². The second-order valence-corrected chi connectivity index (χ2v) is 3.71. The van der Waals surface area contributed by atoms with E-state index in [0.717, 1.165) is 0 Å². The lowest BCUT2D eigenvalue weighted by Gasteiger charge is -2.06. The van der Waals surface area contributed by atoms with Crippen LogP contribution in [0.5, 0.6) is 11.5 Å². The van der Waals surface area contributed by atoms with E-state index in [1.54, 1.807) is 28.9 Å². The van der Waals surface area contributed by atoms with Crippen LogP contribution in [0.2, 0.25) is 0 Å². The first-order valence-electron chi connectivity index (χ1n) is 5.25. The van der Waals surface area contributed by atoms with E-state index in [-0.39, 0.29) is 5.69 Å². The van der Waals surface area contributed by atoms with Gasteiger partial charge in [-0.15, -0.1) is 0 Å². The number of nitrogen functional groups attached to an aromatic ring is 1. The van der Waals surface area contributed by atoms with Gasteiger partial charge in [0.25, 0.3) is 0 Å². The van der Waals surface area contributed by atoms with Crippen LogP contribution in [-0.2, 0) is 0 Å². The zero-order chi connectivity index (χ0) is 12.5. The molecule has 1 aromatic carbocycles. The average molecular weight is 244 g/mol. The number of nitrogens with zero attached hydrogens (tertiary/aromatic N) is 3. The number of benzene rings is 1. The lowest BCUT2D eigenvalue weighted by atomic mass is 10.3. The number of ether oxygens (including phenoxy) is 1. The topological polar surface area (TPSA) is 65.4 Å². The highest BCUT2D eigenvalue weighted by Gasteiger charge is 2.04. The van der Waals surface area contributed by atoms with Crippen LogP contribution in [0.3, 0.4) is 0 Å². The summed E-state index contributed by atoms with van der Waals surface area (Å²) in [6.07, 6.45) is 3.16. The van der Waals surface area contributed by atoms with Crippen molar-refractivity contribution in [2.24, 2.45) is 0 Å². The van der Waals surface area contributed by atoms with E-state index in [2.05, 4.69) is 10.1 Å². The van der Waals surface area contributed by atoms with Gasteiger partial charge < -0.3 is 10.5 Å². The number of hydrogen-bond donors (Lipinski definition) is 1. The van der Waals surface area contributed by atoms with Gasteiger partial charge in [-0.2, -0.15) is 5.10 Å². The van der Waals surface area contributed by atoms with Crippen molar-refractivity contribution in [1.29, 1.82) is 0 Å². The van der Waals surface area contributed by atoms with Gasteiger partial charge in [-0.25, -0.2) is 13.9 Å². The summed E-state index contributed by atoms with van der Waals surface area (Å²) in [5.41, 5.74) is 6.14. The van der Waals surface area contributed by atoms with Gasteiger partial charge >= 0.3 is 0 Å². The first-order chi connectivity index (χ1) is 8.72. The van der Waals surface area contributed by atoms with E-state index < -0.39 is 5.82 Å². The van der Waals surface area contributed by atoms with E-state index in [1.165, 1.54) is 18.5 Å². The molecule has 2 N–H and O–H groups in total. The fraction of sp³-hybridized carbons (Fsp3) is 0. The lowest BCUT2D eigenvalue weighted by molar-refractivity contribution is 0.476. The highest BCUT2D eigenvalue weighted by molar-refractivity contribution is 5.47. The predicted molar refractivity (Wildman–Crippen MR) is 63.9 cm³/mol. The van der Waals surface area contributed by atoms with Crippen LogP contribution < -0.4 is 10.5 Å². The van der Waals surface area contributed by atoms with E-state index in [0.29, 0.717) is 17.1 Å². The quantitative estimate of drug-likeness (QED) is 0.702. The van der Waals surface area contributed by atoms with Crippen molar-refractivity contribution in [3.05, 3.63) is 48.7 Å². The molecule has 0 aliphatic rings. The Kier molecular flexibility index (Phi) is 2.33. The molecule has 5 nitrogen and oxygen atoms in total. The zero-order valence-corrected chi connectivity index (χ0v) is 9.25. The van der Waals surface area contributed by atoms with Crippen LogP contribution >= 0.6 is 0 Å². The van der Waals surface area contributed by atoms with Gasteiger partial charge in [-0.05, 0) is 18.2 Å². The molecule has 0 bridgehead atoms. The van der Waals surface area contributed by atoms with Crippen molar-refractivity contribution in [3.63, 3.8) is 0 Å². The first-order valence-corrected chi connectivity index (χ1v) is 5.25. The monoisotopic (exact) mass is 244 g/mol. The molecule has 18 heavy (non-hydrogen) atoms. The number of aromatic nitrogens is 3. The molecule has 0 unspecified atom stereocenters. The second kappa shape index (κ2) is 3.99. The maximum absolute atomic E-state index is 13.3. The second-order valence-electron chi connectivity index (χ2n) is 3.71. The van der Waals surface area contributed by atoms with Crippen molar-refractivity contribution >= 4 is 11.3 Å². The Morgan fingerprint density at radius 2 is 2.00 bits per heavy atom. The van der Waals surface area contributed by atoms with Gasteiger partial charge in [-0.3, -0.25) is 0 Å². The standard InChI is InChI=1S/C12H9FN4O/c13-10-5-8(1-2-11(10)14)18-9-3-4-17-12(6-9)15-7-16-17/h1-7H,14H2. The molecular formula is C12H9FN4O. The van der Waals surface area contributed by atoms with Gasteiger partial charge in [-0.1, -0.05) is 0 Å². The number of halogens is 1. The minimum atomic E-state index is -0.504. The lowest BCUT2D eigenvalue weighted by Crippen LogP contribution is -1.92. The van der Waals surface area contributed by atoms with Gasteiger partial charge in [0.05, 0.1) is 5.69 Å². The van der Waals surface area contributed by atoms with Crippen LogP contribution in [0, 0.1) is 5.82 Å². The highest BCUT2D eigenvalue weighted by atomic mass is 19.1. The maximum Gasteiger partial charge on any atom is 0.158 e. The molecule has 90 valence electrons. The normalized spacial score (nSPS) is 10.7. The molecule has 2 heterocycles. The van der Waals surface area contributed by atoms with E-state index in [1.807, 2.05) is 0 Å². The number of hydrogen-bond acceptors (Lipinski definition) is 4. The Bertz CT molecular complexity index is 710. The number of nitrogens with two attached hydrogens (primary N) is 1. The summed E-state index contributed by atoms with van der Waals surface area (Å²) < 4.78 is 20.4. The van der Waals surface area contributed by atoms with Crippen molar-refractivity contribution in [1.82, 2.24) is 14.6 Å². The Balaban J connectivity index is 1.92. The Labute approximate surface area is 102 Å². The minimum Gasteiger partial charge on any atom is -0.457 e. The molecule has 0 saturated carbocycles. The Morgan fingerprint density at radius 1 is 1.17 bits per heavy atom. The molecular weight excluding hydrogens is 235 g/mol. The summed E-state index contributed by atoms with van der Waals surface area (Å²) in [6, 6.07) is 7.73. The van der Waals surface area contributed by atoms with Gasteiger partial charge in [0.2, 0.25) is 0 Å². The fourth-order valence-electron chi connectivity index (χ4n) is 1.57. The Morgan fingerprint density at radius 3 is 2.83 bits per heavy atom. The van der Waals surface area contributed by atoms with Gasteiger partial charge in [0.15, 0.2) is 5.65 Å². The summed E-state index contributed by atoms with van der Waals surface area (Å²) in [5, 5.41) is 3.97. The zero-order valence-electron chi connectivity index (χ0n) is 9.25. The molecule has 3 aromatic rings.